The fraction of sp³-hybridized carbons (Fsp3) is 0.105. The molecule has 0 aliphatic heterocycles. The second-order valence-electron chi connectivity index (χ2n) is 5.44. The maximum absolute atomic E-state index is 8.49. The molecule has 0 atom stereocenters. The quantitative estimate of drug-likeness (QED) is 0.571. The molecule has 130 valence electrons. The summed E-state index contributed by atoms with van der Waals surface area (Å²) in [6.07, 6.45) is 0. The van der Waals surface area contributed by atoms with E-state index < -0.39 is 10.2 Å². The minimum Gasteiger partial charge on any atom is -0.222 e. The van der Waals surface area contributed by atoms with Gasteiger partial charge in [-0.2, -0.15) is 4.57 Å². The number of rotatable bonds is 2. The molecule has 6 heteroatoms. The van der Waals surface area contributed by atoms with Crippen LogP contribution in [0.2, 0.25) is 0 Å². The van der Waals surface area contributed by atoms with Gasteiger partial charge in [0.05, 0.1) is 0 Å². The van der Waals surface area contributed by atoms with E-state index in [0.717, 1.165) is 0 Å². The normalized spacial score (nSPS) is 10.8. The van der Waals surface area contributed by atoms with Gasteiger partial charge in [-0.3, -0.25) is 0 Å². The highest BCUT2D eigenvalue weighted by Crippen LogP contribution is 2.24. The van der Waals surface area contributed by atoms with Crippen molar-refractivity contribution < 1.29 is 33.4 Å². The van der Waals surface area contributed by atoms with Crippen LogP contribution in [0.5, 0.6) is 0 Å². The molecule has 0 amide bonds. The van der Waals surface area contributed by atoms with Gasteiger partial charge in [0.25, 0.3) is 0 Å². The lowest BCUT2D eigenvalue weighted by Crippen LogP contribution is -2.68. The molecule has 5 nitrogen and oxygen atoms in total. The minimum atomic E-state index is -4.94. The Morgan fingerprint density at radius 3 is 1.60 bits per heavy atom. The summed E-state index contributed by atoms with van der Waals surface area (Å²) in [4.78, 5) is 0. The Morgan fingerprint density at radius 2 is 1.12 bits per heavy atom. The second kappa shape index (κ2) is 8.20. The molecule has 0 N–H and O–H groups in total. The molecule has 0 spiro atoms. The van der Waals surface area contributed by atoms with Crippen LogP contribution < -0.4 is 23.2 Å². The van der Waals surface area contributed by atoms with Crippen LogP contribution >= 0.6 is 0 Å². The lowest BCUT2D eigenvalue weighted by molar-refractivity contribution is -2.00. The zero-order valence-corrected chi connectivity index (χ0v) is 14.6. The fourth-order valence-electron chi connectivity index (χ4n) is 2.48. The number of hydrogen-bond acceptors (Lipinski definition) is 4. The highest BCUT2D eigenvalue weighted by Gasteiger charge is 2.14. The minimum absolute atomic E-state index is 1.24. The van der Waals surface area contributed by atoms with Gasteiger partial charge in [-0.15, -0.1) is 10.2 Å². The fourth-order valence-corrected chi connectivity index (χ4v) is 2.48. The molecule has 25 heavy (non-hydrogen) atoms. The molecule has 3 rings (SSSR count). The largest absolute Gasteiger partial charge is 0.222 e. The van der Waals surface area contributed by atoms with Crippen LogP contribution in [0.4, 0.5) is 0 Å². The second-order valence-corrected chi connectivity index (χ2v) is 6.20. The monoisotopic (exact) mass is 359 g/mol. The molecule has 3 aromatic rings. The van der Waals surface area contributed by atoms with Gasteiger partial charge in [0, 0.05) is 24.6 Å². The zero-order chi connectivity index (χ0) is 18.4. The van der Waals surface area contributed by atoms with Gasteiger partial charge in [0.15, 0.2) is 5.69 Å². The third-order valence-electron chi connectivity index (χ3n) is 3.72. The summed E-state index contributed by atoms with van der Waals surface area (Å²) in [7, 11) is -2.83. The summed E-state index contributed by atoms with van der Waals surface area (Å²) in [6, 6.07) is 25.6. The standard InChI is InChI=1S/C19H18N.ClHO4/c1-15-13-18(16-9-5-3-6-10-16)14-19(20(15)2)17-11-7-4-8-12-17;2-1(3,4)5/h3-14H,1-2H3;(H,2,3,4,5)/q+1;/p-1. The predicted octanol–water partition coefficient (Wildman–Crippen LogP) is -0.602. The van der Waals surface area contributed by atoms with Crippen molar-refractivity contribution in [2.75, 3.05) is 0 Å². The number of pyridine rings is 1. The molecule has 0 aliphatic carbocycles. The lowest BCUT2D eigenvalue weighted by Gasteiger charge is -2.17. The summed E-state index contributed by atoms with van der Waals surface area (Å²) in [5, 5.41) is 0. The Morgan fingerprint density at radius 1 is 0.680 bits per heavy atom. The van der Waals surface area contributed by atoms with E-state index in [-0.39, 0.29) is 0 Å². The highest BCUT2D eigenvalue weighted by molar-refractivity contribution is 5.69. The Balaban J connectivity index is 0.000000399. The van der Waals surface area contributed by atoms with Gasteiger partial charge in [0.1, 0.15) is 7.05 Å². The summed E-state index contributed by atoms with van der Waals surface area (Å²) in [5.74, 6) is 0. The van der Waals surface area contributed by atoms with Crippen LogP contribution in [-0.2, 0) is 7.05 Å². The third kappa shape index (κ3) is 5.94. The summed E-state index contributed by atoms with van der Waals surface area (Å²) in [6.45, 7) is 2.15. The Kier molecular flexibility index (Phi) is 6.25. The predicted molar refractivity (Wildman–Crippen MR) is 83.2 cm³/mol. The van der Waals surface area contributed by atoms with Crippen molar-refractivity contribution in [3.05, 3.63) is 78.5 Å². The molecule has 0 bridgehead atoms. The van der Waals surface area contributed by atoms with E-state index >= 15 is 0 Å². The van der Waals surface area contributed by atoms with E-state index in [2.05, 4.69) is 91.3 Å². The van der Waals surface area contributed by atoms with Crippen molar-refractivity contribution >= 4 is 0 Å². The van der Waals surface area contributed by atoms with Crippen molar-refractivity contribution in [2.24, 2.45) is 7.05 Å². The Bertz CT molecular complexity index is 812. The van der Waals surface area contributed by atoms with Crippen LogP contribution in [0.15, 0.2) is 72.8 Å². The summed E-state index contributed by atoms with van der Waals surface area (Å²) in [5.41, 5.74) is 6.26. The smallest absolute Gasteiger partial charge is 0.213 e. The maximum atomic E-state index is 8.49. The summed E-state index contributed by atoms with van der Waals surface area (Å²) >= 11 is 0. The van der Waals surface area contributed by atoms with E-state index in [1.165, 1.54) is 28.1 Å². The first-order chi connectivity index (χ1) is 11.8. The topological polar surface area (TPSA) is 96.1 Å². The first-order valence-corrected chi connectivity index (χ1v) is 8.72. The molecular weight excluding hydrogens is 342 g/mol. The van der Waals surface area contributed by atoms with E-state index in [9.17, 15) is 0 Å². The Hall–Kier alpha value is -2.28. The third-order valence-corrected chi connectivity index (χ3v) is 3.72. The van der Waals surface area contributed by atoms with Gasteiger partial charge in [-0.25, -0.2) is 18.6 Å². The molecule has 0 saturated carbocycles. The number of aromatic nitrogens is 1. The van der Waals surface area contributed by atoms with Crippen molar-refractivity contribution in [1.29, 1.82) is 0 Å². The number of nitrogens with zero attached hydrogens (tertiary/aromatic N) is 1. The molecule has 1 heterocycles. The van der Waals surface area contributed by atoms with Gasteiger partial charge in [-0.05, 0) is 23.3 Å². The van der Waals surface area contributed by atoms with E-state index in [4.69, 9.17) is 18.6 Å². The average molecular weight is 360 g/mol. The molecule has 2 aromatic carbocycles. The average Bonchev–Trinajstić information content (AvgIpc) is 2.57. The van der Waals surface area contributed by atoms with Crippen molar-refractivity contribution in [2.45, 2.75) is 6.92 Å². The van der Waals surface area contributed by atoms with Crippen LogP contribution in [0.25, 0.3) is 22.4 Å². The number of halogens is 1. The van der Waals surface area contributed by atoms with Crippen molar-refractivity contribution in [3.8, 4) is 22.4 Å². The van der Waals surface area contributed by atoms with E-state index in [0.29, 0.717) is 0 Å². The molecule has 0 unspecified atom stereocenters. The molecule has 0 radical (unpaired) electrons. The van der Waals surface area contributed by atoms with Crippen LogP contribution in [0.3, 0.4) is 0 Å². The number of hydrogen-bond donors (Lipinski definition) is 0. The number of aryl methyl sites for hydroxylation is 1. The zero-order valence-electron chi connectivity index (χ0n) is 13.9. The lowest BCUT2D eigenvalue weighted by atomic mass is 10.0. The van der Waals surface area contributed by atoms with Gasteiger partial charge in [0.2, 0.25) is 5.69 Å². The molecular formula is C19H18ClNO4. The Labute approximate surface area is 148 Å². The van der Waals surface area contributed by atoms with E-state index in [1.807, 2.05) is 0 Å². The summed E-state index contributed by atoms with van der Waals surface area (Å²) < 4.78 is 36.2. The molecule has 0 aliphatic rings. The first kappa shape index (κ1) is 19.1. The van der Waals surface area contributed by atoms with Crippen LogP contribution in [-0.4, -0.2) is 0 Å². The van der Waals surface area contributed by atoms with Crippen LogP contribution in [0, 0.1) is 17.2 Å². The van der Waals surface area contributed by atoms with Crippen molar-refractivity contribution in [3.63, 3.8) is 0 Å². The van der Waals surface area contributed by atoms with Crippen molar-refractivity contribution in [1.82, 2.24) is 0 Å². The van der Waals surface area contributed by atoms with E-state index in [1.54, 1.807) is 0 Å². The molecule has 1 aromatic heterocycles. The number of benzene rings is 2. The van der Waals surface area contributed by atoms with Gasteiger partial charge >= 0.3 is 0 Å². The molecule has 0 saturated heterocycles. The first-order valence-electron chi connectivity index (χ1n) is 7.49. The van der Waals surface area contributed by atoms with Crippen LogP contribution in [0.1, 0.15) is 5.69 Å². The highest BCUT2D eigenvalue weighted by atomic mass is 35.7. The molecule has 0 fully saturated rings. The van der Waals surface area contributed by atoms with Gasteiger partial charge < -0.3 is 0 Å². The van der Waals surface area contributed by atoms with Gasteiger partial charge in [-0.1, -0.05) is 48.5 Å². The SMILES string of the molecule is Cc1cc(-c2ccccc2)cc(-c2ccccc2)[n+]1C.[O-][Cl+3]([O-])([O-])[O-]. The maximum Gasteiger partial charge on any atom is 0.213 e.